The first kappa shape index (κ1) is 16.6. The highest BCUT2D eigenvalue weighted by Gasteiger charge is 2.21. The molecule has 1 aliphatic heterocycles. The summed E-state index contributed by atoms with van der Waals surface area (Å²) in [6.45, 7) is 0.0599. The summed E-state index contributed by atoms with van der Waals surface area (Å²) in [5, 5.41) is 7.24. The lowest BCUT2D eigenvalue weighted by atomic mass is 10.1. The van der Waals surface area contributed by atoms with Crippen molar-refractivity contribution in [3.05, 3.63) is 0 Å². The summed E-state index contributed by atoms with van der Waals surface area (Å²) in [4.78, 5) is 45.8. The molecule has 0 saturated carbocycles. The minimum absolute atomic E-state index is 0.0495. The van der Waals surface area contributed by atoms with Gasteiger partial charge in [0.05, 0.1) is 18.6 Å². The molecule has 9 heteroatoms. The molecule has 1 aliphatic rings. The van der Waals surface area contributed by atoms with Gasteiger partial charge in [0.1, 0.15) is 6.42 Å². The van der Waals surface area contributed by atoms with E-state index in [1.165, 1.54) is 0 Å². The largest absolute Gasteiger partial charge is 0.356 e. The molecule has 2 amide bonds. The SMILES string of the molecule is NC1CNC(=O)CC(=O)NCCC(C(=O)S)NCC1=O. The summed E-state index contributed by atoms with van der Waals surface area (Å²) in [5.74, 6) is -1.28. The summed E-state index contributed by atoms with van der Waals surface area (Å²) in [5.41, 5.74) is 5.61. The van der Waals surface area contributed by atoms with Crippen LogP contribution in [0.5, 0.6) is 0 Å². The van der Waals surface area contributed by atoms with Crippen molar-refractivity contribution in [2.45, 2.75) is 24.9 Å². The third kappa shape index (κ3) is 5.68. The molecule has 112 valence electrons. The molecule has 0 spiro atoms. The molecule has 1 fully saturated rings. The maximum atomic E-state index is 11.7. The first-order chi connectivity index (χ1) is 9.40. The molecule has 2 atom stereocenters. The fourth-order valence-electron chi connectivity index (χ4n) is 1.63. The zero-order valence-electron chi connectivity index (χ0n) is 10.8. The van der Waals surface area contributed by atoms with E-state index >= 15 is 0 Å². The van der Waals surface area contributed by atoms with Crippen LogP contribution in [0.3, 0.4) is 0 Å². The summed E-state index contributed by atoms with van der Waals surface area (Å²) < 4.78 is 0. The number of amides is 2. The molecular formula is C11H18N4O4S. The first-order valence-corrected chi connectivity index (χ1v) is 6.62. The number of thiol groups is 1. The van der Waals surface area contributed by atoms with Crippen molar-refractivity contribution in [2.75, 3.05) is 19.6 Å². The monoisotopic (exact) mass is 302 g/mol. The number of rotatable bonds is 1. The van der Waals surface area contributed by atoms with Gasteiger partial charge in [-0.3, -0.25) is 24.5 Å². The van der Waals surface area contributed by atoms with Crippen molar-refractivity contribution in [1.82, 2.24) is 16.0 Å². The molecule has 0 aromatic rings. The van der Waals surface area contributed by atoms with Crippen molar-refractivity contribution in [3.63, 3.8) is 0 Å². The van der Waals surface area contributed by atoms with Gasteiger partial charge in [-0.05, 0) is 6.42 Å². The molecular weight excluding hydrogens is 284 g/mol. The van der Waals surface area contributed by atoms with Crippen molar-refractivity contribution < 1.29 is 19.2 Å². The number of Topliss-reactive ketones (excluding diaryl/α,β-unsaturated/α-hetero) is 1. The predicted molar refractivity (Wildman–Crippen MR) is 74.0 cm³/mol. The van der Waals surface area contributed by atoms with E-state index in [1.54, 1.807) is 0 Å². The average Bonchev–Trinajstić information content (AvgIpc) is 2.38. The van der Waals surface area contributed by atoms with Crippen LogP contribution in [0.25, 0.3) is 0 Å². The Morgan fingerprint density at radius 1 is 1.20 bits per heavy atom. The number of ketones is 1. The fourth-order valence-corrected chi connectivity index (χ4v) is 1.85. The average molecular weight is 302 g/mol. The number of hydrogen-bond donors (Lipinski definition) is 5. The van der Waals surface area contributed by atoms with Gasteiger partial charge in [-0.1, -0.05) is 0 Å². The highest BCUT2D eigenvalue weighted by Crippen LogP contribution is 1.98. The van der Waals surface area contributed by atoms with Crippen LogP contribution in [0.2, 0.25) is 0 Å². The van der Waals surface area contributed by atoms with Crippen molar-refractivity contribution >= 4 is 35.3 Å². The van der Waals surface area contributed by atoms with Crippen LogP contribution in [0.1, 0.15) is 12.8 Å². The van der Waals surface area contributed by atoms with Crippen LogP contribution in [0.4, 0.5) is 0 Å². The lowest BCUT2D eigenvalue weighted by molar-refractivity contribution is -0.129. The second-order valence-corrected chi connectivity index (χ2v) is 4.90. The standard InChI is InChI=1S/C11H18N4O4S/c12-6-4-15-10(18)3-9(17)13-2-1-7(11(19)20)14-5-8(6)16/h6-7,14H,1-5,12H2,(H,13,17)(H,15,18)(H,19,20). The summed E-state index contributed by atoms with van der Waals surface area (Å²) in [6.07, 6.45) is -0.0635. The molecule has 0 bridgehead atoms. The Morgan fingerprint density at radius 2 is 1.85 bits per heavy atom. The van der Waals surface area contributed by atoms with E-state index in [0.29, 0.717) is 0 Å². The topological polar surface area (TPSA) is 130 Å². The van der Waals surface area contributed by atoms with Gasteiger partial charge < -0.3 is 16.4 Å². The van der Waals surface area contributed by atoms with Crippen LogP contribution in [-0.2, 0) is 19.2 Å². The number of nitrogens with one attached hydrogen (secondary N) is 3. The fraction of sp³-hybridized carbons (Fsp3) is 0.636. The van der Waals surface area contributed by atoms with Crippen molar-refractivity contribution in [3.8, 4) is 0 Å². The smallest absolute Gasteiger partial charge is 0.229 e. The Bertz CT molecular complexity index is 415. The number of hydrogen-bond acceptors (Lipinski definition) is 6. The third-order valence-electron chi connectivity index (χ3n) is 2.83. The van der Waals surface area contributed by atoms with Gasteiger partial charge >= 0.3 is 0 Å². The number of carbonyl (C=O) groups excluding carboxylic acids is 4. The van der Waals surface area contributed by atoms with E-state index in [9.17, 15) is 19.2 Å². The normalized spacial score (nSPS) is 26.6. The highest BCUT2D eigenvalue weighted by atomic mass is 32.1. The van der Waals surface area contributed by atoms with Crippen LogP contribution in [0.15, 0.2) is 0 Å². The van der Waals surface area contributed by atoms with Gasteiger partial charge in [-0.2, -0.15) is 0 Å². The third-order valence-corrected chi connectivity index (χ3v) is 3.14. The zero-order valence-corrected chi connectivity index (χ0v) is 11.7. The lowest BCUT2D eigenvalue weighted by Crippen LogP contribution is -2.48. The van der Waals surface area contributed by atoms with Crippen LogP contribution in [0, 0.1) is 0 Å². The summed E-state index contributed by atoms with van der Waals surface area (Å²) >= 11 is 3.72. The van der Waals surface area contributed by atoms with Crippen LogP contribution >= 0.6 is 12.6 Å². The maximum Gasteiger partial charge on any atom is 0.229 e. The molecule has 0 aromatic carbocycles. The van der Waals surface area contributed by atoms with Gasteiger partial charge in [0, 0.05) is 13.1 Å². The molecule has 1 rings (SSSR count). The molecule has 1 saturated heterocycles. The number of nitrogens with two attached hydrogens (primary N) is 1. The molecule has 20 heavy (non-hydrogen) atoms. The van der Waals surface area contributed by atoms with E-state index in [1.807, 2.05) is 0 Å². The predicted octanol–water partition coefficient (Wildman–Crippen LogP) is -2.68. The zero-order chi connectivity index (χ0) is 15.1. The maximum absolute atomic E-state index is 11.7. The molecule has 5 N–H and O–H groups in total. The van der Waals surface area contributed by atoms with Gasteiger partial charge in [0.15, 0.2) is 5.78 Å². The van der Waals surface area contributed by atoms with E-state index < -0.39 is 29.0 Å². The molecule has 0 aliphatic carbocycles. The Hall–Kier alpha value is -1.45. The van der Waals surface area contributed by atoms with E-state index in [0.717, 1.165) is 0 Å². The molecule has 0 radical (unpaired) electrons. The lowest BCUT2D eigenvalue weighted by Gasteiger charge is -2.16. The minimum atomic E-state index is -0.883. The second-order valence-electron chi connectivity index (χ2n) is 4.46. The highest BCUT2D eigenvalue weighted by molar-refractivity contribution is 7.96. The Balaban J connectivity index is 2.70. The minimum Gasteiger partial charge on any atom is -0.356 e. The molecule has 1 heterocycles. The molecule has 2 unspecified atom stereocenters. The Kier molecular flexibility index (Phi) is 6.62. The van der Waals surface area contributed by atoms with Gasteiger partial charge in [0.25, 0.3) is 0 Å². The summed E-state index contributed by atoms with van der Waals surface area (Å²) in [7, 11) is 0. The first-order valence-electron chi connectivity index (χ1n) is 6.18. The molecule has 0 aromatic heterocycles. The van der Waals surface area contributed by atoms with Crippen LogP contribution < -0.4 is 21.7 Å². The van der Waals surface area contributed by atoms with E-state index in [-0.39, 0.29) is 38.3 Å². The van der Waals surface area contributed by atoms with Crippen molar-refractivity contribution in [2.24, 2.45) is 5.73 Å². The molecule has 8 nitrogen and oxygen atoms in total. The van der Waals surface area contributed by atoms with E-state index in [2.05, 4.69) is 28.6 Å². The quantitative estimate of drug-likeness (QED) is 0.265. The van der Waals surface area contributed by atoms with E-state index in [4.69, 9.17) is 5.73 Å². The second kappa shape index (κ2) is 7.98. The van der Waals surface area contributed by atoms with Gasteiger partial charge in [-0.15, -0.1) is 12.6 Å². The van der Waals surface area contributed by atoms with Gasteiger partial charge in [-0.25, -0.2) is 0 Å². The van der Waals surface area contributed by atoms with Crippen LogP contribution in [-0.4, -0.2) is 54.4 Å². The Labute approximate surface area is 121 Å². The van der Waals surface area contributed by atoms with Gasteiger partial charge in [0.2, 0.25) is 16.9 Å². The number of carbonyl (C=O) groups is 4. The summed E-state index contributed by atoms with van der Waals surface area (Å²) in [6, 6.07) is -1.54. The Morgan fingerprint density at radius 3 is 2.50 bits per heavy atom. The van der Waals surface area contributed by atoms with Crippen molar-refractivity contribution in [1.29, 1.82) is 0 Å².